The molecule has 0 aromatic carbocycles. The molecule has 20 heavy (non-hydrogen) atoms. The van der Waals surface area contributed by atoms with Crippen LogP contribution in [0.4, 0.5) is 0 Å². The van der Waals surface area contributed by atoms with Gasteiger partial charge in [0.2, 0.25) is 5.91 Å². The van der Waals surface area contributed by atoms with Crippen molar-refractivity contribution in [3.8, 4) is 0 Å². The number of amides is 1. The highest BCUT2D eigenvalue weighted by Gasteiger charge is 2.27. The Morgan fingerprint density at radius 2 is 1.90 bits per heavy atom. The van der Waals surface area contributed by atoms with E-state index in [4.69, 9.17) is 9.84 Å². The van der Waals surface area contributed by atoms with Crippen molar-refractivity contribution in [1.82, 2.24) is 4.90 Å². The molecule has 0 aromatic heterocycles. The molecule has 1 aliphatic carbocycles. The molecule has 1 N–H and O–H groups in total. The van der Waals surface area contributed by atoms with Gasteiger partial charge >= 0.3 is 5.97 Å². The third-order valence-corrected chi connectivity index (χ3v) is 4.48. The largest absolute Gasteiger partial charge is 0.481 e. The molecule has 2 rings (SSSR count). The lowest BCUT2D eigenvalue weighted by molar-refractivity contribution is -0.146. The first kappa shape index (κ1) is 15.3. The minimum absolute atomic E-state index is 0.0526. The van der Waals surface area contributed by atoms with Gasteiger partial charge in [-0.15, -0.1) is 0 Å². The van der Waals surface area contributed by atoms with Gasteiger partial charge in [-0.25, -0.2) is 0 Å². The third kappa shape index (κ3) is 4.20. The van der Waals surface area contributed by atoms with Crippen LogP contribution >= 0.6 is 0 Å². The average molecular weight is 283 g/mol. The van der Waals surface area contributed by atoms with Crippen molar-refractivity contribution in [2.75, 3.05) is 19.7 Å². The van der Waals surface area contributed by atoms with Crippen LogP contribution in [0.3, 0.4) is 0 Å². The number of carboxylic acid groups (broad SMARTS) is 1. The molecule has 1 amide bonds. The fourth-order valence-corrected chi connectivity index (χ4v) is 3.17. The minimum atomic E-state index is -0.707. The zero-order valence-corrected chi connectivity index (χ0v) is 12.2. The van der Waals surface area contributed by atoms with Crippen LogP contribution in [-0.2, 0) is 14.3 Å². The van der Waals surface area contributed by atoms with Crippen LogP contribution < -0.4 is 0 Å². The Morgan fingerprint density at radius 1 is 1.20 bits per heavy atom. The highest BCUT2D eigenvalue weighted by atomic mass is 16.5. The highest BCUT2D eigenvalue weighted by molar-refractivity contribution is 5.77. The maximum absolute atomic E-state index is 12.1. The first-order valence-electron chi connectivity index (χ1n) is 7.68. The summed E-state index contributed by atoms with van der Waals surface area (Å²) in [6.07, 6.45) is 5.16. The number of hydrogen-bond donors (Lipinski definition) is 1. The number of nitrogens with zero attached hydrogens (tertiary/aromatic N) is 1. The number of aliphatic carboxylic acids is 1. The maximum Gasteiger partial charge on any atom is 0.306 e. The summed E-state index contributed by atoms with van der Waals surface area (Å²) in [5, 5.41) is 8.94. The van der Waals surface area contributed by atoms with Crippen molar-refractivity contribution in [3.05, 3.63) is 0 Å². The number of carbonyl (C=O) groups excluding carboxylic acids is 1. The second-order valence-corrected chi connectivity index (χ2v) is 6.21. The Morgan fingerprint density at radius 3 is 2.50 bits per heavy atom. The zero-order chi connectivity index (χ0) is 14.5. The summed E-state index contributed by atoms with van der Waals surface area (Å²) in [5.41, 5.74) is 0. The molecule has 1 heterocycles. The molecule has 1 saturated carbocycles. The molecule has 2 aliphatic rings. The zero-order valence-electron chi connectivity index (χ0n) is 12.2. The van der Waals surface area contributed by atoms with Crippen LogP contribution in [0.25, 0.3) is 0 Å². The van der Waals surface area contributed by atoms with E-state index in [0.717, 1.165) is 32.4 Å². The lowest BCUT2D eigenvalue weighted by atomic mass is 9.87. The normalized spacial score (nSPS) is 31.1. The minimum Gasteiger partial charge on any atom is -0.481 e. The molecule has 114 valence electrons. The van der Waals surface area contributed by atoms with Gasteiger partial charge in [0.1, 0.15) is 6.61 Å². The van der Waals surface area contributed by atoms with Crippen LogP contribution in [0.1, 0.15) is 45.4 Å². The summed E-state index contributed by atoms with van der Waals surface area (Å²) < 4.78 is 5.68. The van der Waals surface area contributed by atoms with Crippen molar-refractivity contribution in [1.29, 1.82) is 0 Å². The number of carbonyl (C=O) groups is 2. The topological polar surface area (TPSA) is 66.8 Å². The van der Waals surface area contributed by atoms with E-state index < -0.39 is 5.97 Å². The van der Waals surface area contributed by atoms with E-state index in [2.05, 4.69) is 6.92 Å². The predicted molar refractivity (Wildman–Crippen MR) is 74.3 cm³/mol. The molecule has 1 unspecified atom stereocenters. The Hall–Kier alpha value is -1.10. The van der Waals surface area contributed by atoms with Crippen molar-refractivity contribution < 1.29 is 19.4 Å². The Bertz CT molecular complexity index is 350. The Kier molecular flexibility index (Phi) is 5.40. The fourth-order valence-electron chi connectivity index (χ4n) is 3.17. The first-order chi connectivity index (χ1) is 9.56. The standard InChI is InChI=1S/C15H25NO4/c1-11-3-2-8-16(9-11)14(17)10-20-13-6-4-12(5-7-13)15(18)19/h11-13H,2-10H2,1H3,(H,18,19). The number of hydrogen-bond acceptors (Lipinski definition) is 3. The number of likely N-dealkylation sites (tertiary alicyclic amines) is 1. The van der Waals surface area contributed by atoms with Crippen LogP contribution in [0.15, 0.2) is 0 Å². The molecule has 1 aliphatic heterocycles. The predicted octanol–water partition coefficient (Wildman–Crippen LogP) is 1.90. The monoisotopic (exact) mass is 283 g/mol. The van der Waals surface area contributed by atoms with Crippen LogP contribution in [0.5, 0.6) is 0 Å². The van der Waals surface area contributed by atoms with E-state index >= 15 is 0 Å². The molecule has 1 saturated heterocycles. The molecular formula is C15H25NO4. The van der Waals surface area contributed by atoms with Gasteiger partial charge in [0.05, 0.1) is 12.0 Å². The Balaban J connectivity index is 1.68. The first-order valence-corrected chi connectivity index (χ1v) is 7.68. The number of ether oxygens (including phenoxy) is 1. The summed E-state index contributed by atoms with van der Waals surface area (Å²) in [6, 6.07) is 0. The third-order valence-electron chi connectivity index (χ3n) is 4.48. The molecule has 0 radical (unpaired) electrons. The van der Waals surface area contributed by atoms with E-state index in [0.29, 0.717) is 18.8 Å². The van der Waals surface area contributed by atoms with Gasteiger partial charge in [-0.05, 0) is 44.4 Å². The molecule has 1 atom stereocenters. The molecule has 0 spiro atoms. The van der Waals surface area contributed by atoms with Crippen molar-refractivity contribution in [2.45, 2.75) is 51.6 Å². The van der Waals surface area contributed by atoms with E-state index in [9.17, 15) is 9.59 Å². The van der Waals surface area contributed by atoms with Gasteiger partial charge in [0, 0.05) is 13.1 Å². The van der Waals surface area contributed by atoms with Crippen molar-refractivity contribution >= 4 is 11.9 Å². The van der Waals surface area contributed by atoms with Gasteiger partial charge in [0.15, 0.2) is 0 Å². The molecule has 0 bridgehead atoms. The lowest BCUT2D eigenvalue weighted by Gasteiger charge is -2.32. The van der Waals surface area contributed by atoms with Crippen molar-refractivity contribution in [3.63, 3.8) is 0 Å². The van der Waals surface area contributed by atoms with E-state index in [1.165, 1.54) is 6.42 Å². The van der Waals surface area contributed by atoms with E-state index in [1.807, 2.05) is 4.90 Å². The van der Waals surface area contributed by atoms with Gasteiger partial charge in [0.25, 0.3) is 0 Å². The summed E-state index contributed by atoms with van der Waals surface area (Å²) >= 11 is 0. The molecule has 5 nitrogen and oxygen atoms in total. The fraction of sp³-hybridized carbons (Fsp3) is 0.867. The van der Waals surface area contributed by atoms with E-state index in [1.54, 1.807) is 0 Å². The van der Waals surface area contributed by atoms with Crippen LogP contribution in [0, 0.1) is 11.8 Å². The van der Waals surface area contributed by atoms with Crippen LogP contribution in [-0.4, -0.2) is 47.7 Å². The van der Waals surface area contributed by atoms with Gasteiger partial charge in [-0.2, -0.15) is 0 Å². The summed E-state index contributed by atoms with van der Waals surface area (Å²) in [4.78, 5) is 24.8. The summed E-state index contributed by atoms with van der Waals surface area (Å²) in [6.45, 7) is 4.01. The summed E-state index contributed by atoms with van der Waals surface area (Å²) in [5.74, 6) is -0.272. The van der Waals surface area contributed by atoms with Gasteiger partial charge in [-0.3, -0.25) is 9.59 Å². The number of carboxylic acids is 1. The second-order valence-electron chi connectivity index (χ2n) is 6.21. The molecule has 0 aromatic rings. The smallest absolute Gasteiger partial charge is 0.306 e. The van der Waals surface area contributed by atoms with Gasteiger partial charge in [-0.1, -0.05) is 6.92 Å². The average Bonchev–Trinajstić information content (AvgIpc) is 2.45. The van der Waals surface area contributed by atoms with Crippen molar-refractivity contribution in [2.24, 2.45) is 11.8 Å². The molecular weight excluding hydrogens is 258 g/mol. The van der Waals surface area contributed by atoms with Gasteiger partial charge < -0.3 is 14.7 Å². The lowest BCUT2D eigenvalue weighted by Crippen LogP contribution is -2.41. The number of piperidine rings is 1. The molecule has 5 heteroatoms. The second kappa shape index (κ2) is 7.07. The highest BCUT2D eigenvalue weighted by Crippen LogP contribution is 2.26. The van der Waals surface area contributed by atoms with E-state index in [-0.39, 0.29) is 24.5 Å². The Labute approximate surface area is 120 Å². The molecule has 2 fully saturated rings. The summed E-state index contributed by atoms with van der Waals surface area (Å²) in [7, 11) is 0. The maximum atomic E-state index is 12.1. The number of rotatable bonds is 4. The quantitative estimate of drug-likeness (QED) is 0.855. The van der Waals surface area contributed by atoms with Crippen LogP contribution in [0.2, 0.25) is 0 Å². The SMILES string of the molecule is CC1CCCN(C(=O)COC2CCC(C(=O)O)CC2)C1.